The highest BCUT2D eigenvalue weighted by Crippen LogP contribution is 2.31. The molecule has 182 valence electrons. The summed E-state index contributed by atoms with van der Waals surface area (Å²) < 4.78 is 16.8. The zero-order chi connectivity index (χ0) is 24.6. The molecule has 1 aromatic heterocycles. The number of pyridine rings is 1. The molecule has 0 saturated carbocycles. The van der Waals surface area contributed by atoms with Crippen LogP contribution in [0.3, 0.4) is 0 Å². The number of amides is 2. The number of carbonyl (C=O) groups excluding carboxylic acids is 2. The quantitative estimate of drug-likeness (QED) is 0.477. The Labute approximate surface area is 208 Å². The average Bonchev–Trinajstić information content (AvgIpc) is 3.39. The standard InChI is InChI=1S/C26H27N3O5S/c1-3-33-24-13-19(6-11-23(24)34-15-18-5-4-12-27-14-18)26(31)29-17-35-16-22(29)25(30)28-20-7-9-21(32-2)10-8-20/h4-14,22H,3,15-17H2,1-2H3,(H,28,30). The summed E-state index contributed by atoms with van der Waals surface area (Å²) in [4.78, 5) is 32.0. The van der Waals surface area contributed by atoms with Crippen molar-refractivity contribution in [3.05, 3.63) is 78.1 Å². The smallest absolute Gasteiger partial charge is 0.255 e. The molecule has 0 spiro atoms. The fourth-order valence-corrected chi connectivity index (χ4v) is 4.75. The second kappa shape index (κ2) is 11.6. The molecule has 9 heteroatoms. The van der Waals surface area contributed by atoms with Crippen molar-refractivity contribution < 1.29 is 23.8 Å². The van der Waals surface area contributed by atoms with Crippen LogP contribution in [0.4, 0.5) is 5.69 Å². The van der Waals surface area contributed by atoms with E-state index in [0.717, 1.165) is 5.56 Å². The first-order valence-electron chi connectivity index (χ1n) is 11.2. The summed E-state index contributed by atoms with van der Waals surface area (Å²) in [6, 6.07) is 15.4. The first-order valence-corrected chi connectivity index (χ1v) is 12.4. The highest BCUT2D eigenvalue weighted by atomic mass is 32.2. The second-order valence-corrected chi connectivity index (χ2v) is 8.75. The molecule has 3 aromatic rings. The second-order valence-electron chi connectivity index (χ2n) is 7.75. The molecule has 35 heavy (non-hydrogen) atoms. The first-order chi connectivity index (χ1) is 17.1. The molecule has 1 aliphatic rings. The lowest BCUT2D eigenvalue weighted by atomic mass is 10.1. The van der Waals surface area contributed by atoms with Gasteiger partial charge < -0.3 is 24.4 Å². The van der Waals surface area contributed by atoms with E-state index >= 15 is 0 Å². The van der Waals surface area contributed by atoms with E-state index in [2.05, 4.69) is 10.3 Å². The number of thioether (sulfide) groups is 1. The molecule has 2 heterocycles. The minimum Gasteiger partial charge on any atom is -0.497 e. The van der Waals surface area contributed by atoms with Gasteiger partial charge in [-0.05, 0) is 55.5 Å². The topological polar surface area (TPSA) is 90.0 Å². The third kappa shape index (κ3) is 6.05. The summed E-state index contributed by atoms with van der Waals surface area (Å²) in [5.74, 6) is 2.22. The molecular formula is C26H27N3O5S. The van der Waals surface area contributed by atoms with E-state index in [9.17, 15) is 9.59 Å². The van der Waals surface area contributed by atoms with Gasteiger partial charge in [-0.25, -0.2) is 0 Å². The Morgan fingerprint density at radius 2 is 1.94 bits per heavy atom. The van der Waals surface area contributed by atoms with Crippen molar-refractivity contribution in [1.82, 2.24) is 9.88 Å². The Hall–Kier alpha value is -3.72. The van der Waals surface area contributed by atoms with E-state index in [1.54, 1.807) is 78.6 Å². The molecule has 1 atom stereocenters. The van der Waals surface area contributed by atoms with E-state index in [0.29, 0.717) is 53.3 Å². The van der Waals surface area contributed by atoms with Crippen molar-refractivity contribution in [3.8, 4) is 17.2 Å². The van der Waals surface area contributed by atoms with Crippen molar-refractivity contribution in [2.24, 2.45) is 0 Å². The lowest BCUT2D eigenvalue weighted by Gasteiger charge is -2.23. The summed E-state index contributed by atoms with van der Waals surface area (Å²) in [6.45, 7) is 2.63. The largest absolute Gasteiger partial charge is 0.497 e. The summed E-state index contributed by atoms with van der Waals surface area (Å²) in [6.07, 6.45) is 3.44. The summed E-state index contributed by atoms with van der Waals surface area (Å²) in [5, 5.41) is 2.89. The molecule has 1 aliphatic heterocycles. The van der Waals surface area contributed by atoms with Gasteiger partial charge in [-0.15, -0.1) is 11.8 Å². The third-order valence-corrected chi connectivity index (χ3v) is 6.42. The molecule has 0 aliphatic carbocycles. The van der Waals surface area contributed by atoms with E-state index in [1.807, 2.05) is 19.1 Å². The number of hydrogen-bond donors (Lipinski definition) is 1. The van der Waals surface area contributed by atoms with Gasteiger partial charge >= 0.3 is 0 Å². The van der Waals surface area contributed by atoms with E-state index in [1.165, 1.54) is 0 Å². The Morgan fingerprint density at radius 1 is 1.11 bits per heavy atom. The average molecular weight is 494 g/mol. The number of hydrogen-bond acceptors (Lipinski definition) is 7. The normalized spacial score (nSPS) is 14.9. The maximum atomic E-state index is 13.4. The van der Waals surface area contributed by atoms with Gasteiger partial charge in [0.25, 0.3) is 5.91 Å². The van der Waals surface area contributed by atoms with Crippen molar-refractivity contribution in [2.45, 2.75) is 19.6 Å². The Bertz CT molecular complexity index is 1160. The number of ether oxygens (including phenoxy) is 3. The van der Waals surface area contributed by atoms with Gasteiger partial charge in [-0.3, -0.25) is 14.6 Å². The van der Waals surface area contributed by atoms with Gasteiger partial charge in [-0.1, -0.05) is 6.07 Å². The van der Waals surface area contributed by atoms with Gasteiger partial charge in [0, 0.05) is 35.0 Å². The number of benzene rings is 2. The van der Waals surface area contributed by atoms with Crippen molar-refractivity contribution in [2.75, 3.05) is 30.7 Å². The predicted molar refractivity (Wildman–Crippen MR) is 135 cm³/mol. The number of rotatable bonds is 9. The van der Waals surface area contributed by atoms with Gasteiger partial charge in [0.2, 0.25) is 5.91 Å². The lowest BCUT2D eigenvalue weighted by Crippen LogP contribution is -2.44. The van der Waals surface area contributed by atoms with Crippen LogP contribution in [0.5, 0.6) is 17.2 Å². The van der Waals surface area contributed by atoms with Crippen molar-refractivity contribution in [3.63, 3.8) is 0 Å². The maximum Gasteiger partial charge on any atom is 0.255 e. The number of nitrogens with zero attached hydrogens (tertiary/aromatic N) is 2. The van der Waals surface area contributed by atoms with Gasteiger partial charge in [0.05, 0.1) is 19.6 Å². The molecule has 1 unspecified atom stereocenters. The molecule has 4 rings (SSSR count). The van der Waals surface area contributed by atoms with E-state index in [4.69, 9.17) is 14.2 Å². The zero-order valence-corrected chi connectivity index (χ0v) is 20.4. The Morgan fingerprint density at radius 3 is 2.66 bits per heavy atom. The van der Waals surface area contributed by atoms with Crippen LogP contribution in [-0.4, -0.2) is 53.1 Å². The van der Waals surface area contributed by atoms with Gasteiger partial charge in [-0.2, -0.15) is 0 Å². The van der Waals surface area contributed by atoms with Crippen molar-refractivity contribution >= 4 is 29.3 Å². The van der Waals surface area contributed by atoms with Crippen LogP contribution in [0.1, 0.15) is 22.8 Å². The van der Waals surface area contributed by atoms with Crippen LogP contribution < -0.4 is 19.5 Å². The van der Waals surface area contributed by atoms with Crippen LogP contribution in [0, 0.1) is 0 Å². The number of methoxy groups -OCH3 is 1. The van der Waals surface area contributed by atoms with Crippen LogP contribution in [0.25, 0.3) is 0 Å². The molecule has 0 bridgehead atoms. The van der Waals surface area contributed by atoms with E-state index < -0.39 is 6.04 Å². The summed E-state index contributed by atoms with van der Waals surface area (Å²) in [7, 11) is 1.59. The minimum absolute atomic E-state index is 0.227. The molecule has 1 fully saturated rings. The molecule has 2 aromatic carbocycles. The number of carbonyl (C=O) groups is 2. The fourth-order valence-electron chi connectivity index (χ4n) is 3.60. The van der Waals surface area contributed by atoms with Crippen LogP contribution in [0.15, 0.2) is 67.0 Å². The van der Waals surface area contributed by atoms with Crippen LogP contribution >= 0.6 is 11.8 Å². The highest BCUT2D eigenvalue weighted by molar-refractivity contribution is 7.99. The lowest BCUT2D eigenvalue weighted by molar-refractivity contribution is -0.119. The minimum atomic E-state index is -0.577. The van der Waals surface area contributed by atoms with Gasteiger partial charge in [0.1, 0.15) is 18.4 Å². The molecule has 0 radical (unpaired) electrons. The molecule has 8 nitrogen and oxygen atoms in total. The molecule has 2 amide bonds. The number of nitrogens with one attached hydrogen (secondary N) is 1. The summed E-state index contributed by atoms with van der Waals surface area (Å²) in [5.41, 5.74) is 2.01. The van der Waals surface area contributed by atoms with Crippen LogP contribution in [0.2, 0.25) is 0 Å². The number of anilines is 1. The summed E-state index contributed by atoms with van der Waals surface area (Å²) >= 11 is 1.54. The number of aromatic nitrogens is 1. The van der Waals surface area contributed by atoms with E-state index in [-0.39, 0.29) is 11.8 Å². The zero-order valence-electron chi connectivity index (χ0n) is 19.6. The fraction of sp³-hybridized carbons (Fsp3) is 0.269. The Kier molecular flexibility index (Phi) is 8.10. The monoisotopic (exact) mass is 493 g/mol. The van der Waals surface area contributed by atoms with Gasteiger partial charge in [0.15, 0.2) is 11.5 Å². The maximum absolute atomic E-state index is 13.4. The van der Waals surface area contributed by atoms with Crippen molar-refractivity contribution in [1.29, 1.82) is 0 Å². The third-order valence-electron chi connectivity index (χ3n) is 5.41. The predicted octanol–water partition coefficient (Wildman–Crippen LogP) is 4.22. The SMILES string of the molecule is CCOc1cc(C(=O)N2CSCC2C(=O)Nc2ccc(OC)cc2)ccc1OCc1cccnc1. The molecule has 1 N–H and O–H groups in total. The Balaban J connectivity index is 1.46. The first kappa shape index (κ1) is 24.4. The molecular weight excluding hydrogens is 466 g/mol. The highest BCUT2D eigenvalue weighted by Gasteiger charge is 2.35. The molecule has 1 saturated heterocycles. The van der Waals surface area contributed by atoms with Crippen LogP contribution in [-0.2, 0) is 11.4 Å².